The van der Waals surface area contributed by atoms with Gasteiger partial charge >= 0.3 is 5.97 Å². The van der Waals surface area contributed by atoms with Crippen LogP contribution in [0.4, 0.5) is 0 Å². The van der Waals surface area contributed by atoms with Crippen LogP contribution in [0.25, 0.3) is 6.08 Å². The van der Waals surface area contributed by atoms with Crippen LogP contribution in [-0.4, -0.2) is 52.2 Å². The van der Waals surface area contributed by atoms with Crippen molar-refractivity contribution in [2.75, 3.05) is 13.2 Å². The Hall–Kier alpha value is -3.20. The van der Waals surface area contributed by atoms with Gasteiger partial charge in [0.25, 0.3) is 11.8 Å². The van der Waals surface area contributed by atoms with Crippen LogP contribution in [0.5, 0.6) is 11.5 Å². The highest BCUT2D eigenvalue weighted by Crippen LogP contribution is 2.30. The molecular formula is C19H20N2O6S. The van der Waals surface area contributed by atoms with Crippen molar-refractivity contribution < 1.29 is 29.0 Å². The first-order chi connectivity index (χ1) is 13.3. The van der Waals surface area contributed by atoms with Crippen molar-refractivity contribution in [2.45, 2.75) is 20.0 Å². The first-order valence-corrected chi connectivity index (χ1v) is 8.85. The van der Waals surface area contributed by atoms with E-state index >= 15 is 0 Å². The highest BCUT2D eigenvalue weighted by atomic mass is 32.1. The van der Waals surface area contributed by atoms with Gasteiger partial charge < -0.3 is 14.6 Å². The second-order valence-electron chi connectivity index (χ2n) is 5.76. The van der Waals surface area contributed by atoms with Gasteiger partial charge in [0.1, 0.15) is 5.57 Å². The van der Waals surface area contributed by atoms with Crippen LogP contribution in [0.1, 0.15) is 19.4 Å². The van der Waals surface area contributed by atoms with Crippen LogP contribution in [0.3, 0.4) is 0 Å². The number of aliphatic carboxylic acids is 1. The number of carbonyl (C=O) groups is 3. The van der Waals surface area contributed by atoms with Crippen molar-refractivity contribution in [3.05, 3.63) is 42.0 Å². The number of nitrogens with zero attached hydrogens (tertiary/aromatic N) is 1. The van der Waals surface area contributed by atoms with Gasteiger partial charge in [0.2, 0.25) is 0 Å². The Morgan fingerprint density at radius 1 is 1.39 bits per heavy atom. The van der Waals surface area contributed by atoms with E-state index < -0.39 is 23.9 Å². The smallest absolute Gasteiger partial charge is 0.344 e. The number of hydrogen-bond donors (Lipinski definition) is 2. The van der Waals surface area contributed by atoms with Crippen LogP contribution in [0, 0.1) is 0 Å². The Morgan fingerprint density at radius 2 is 2.11 bits per heavy atom. The normalized spacial score (nSPS) is 16.6. The lowest BCUT2D eigenvalue weighted by atomic mass is 10.1. The van der Waals surface area contributed by atoms with Crippen LogP contribution in [-0.2, 0) is 14.4 Å². The molecule has 2 N–H and O–H groups in total. The number of carboxylic acid groups (broad SMARTS) is 1. The quantitative estimate of drug-likeness (QED) is 0.294. The first kappa shape index (κ1) is 21.1. The molecule has 1 aromatic carbocycles. The minimum Gasteiger partial charge on any atom is -0.490 e. The highest BCUT2D eigenvalue weighted by Gasteiger charge is 2.32. The summed E-state index contributed by atoms with van der Waals surface area (Å²) in [4.78, 5) is 37.0. The summed E-state index contributed by atoms with van der Waals surface area (Å²) < 4.78 is 10.9. The number of rotatable bonds is 8. The summed E-state index contributed by atoms with van der Waals surface area (Å²) in [5.41, 5.74) is 0.411. The Kier molecular flexibility index (Phi) is 6.89. The molecule has 0 spiro atoms. The molecule has 1 heterocycles. The van der Waals surface area contributed by atoms with E-state index in [1.54, 1.807) is 19.1 Å². The summed E-state index contributed by atoms with van der Waals surface area (Å²) in [5, 5.41) is 11.5. The molecule has 2 rings (SSSR count). The highest BCUT2D eigenvalue weighted by molar-refractivity contribution is 7.80. The molecule has 0 unspecified atom stereocenters. The van der Waals surface area contributed by atoms with Gasteiger partial charge in [-0.25, -0.2) is 4.79 Å². The van der Waals surface area contributed by atoms with Crippen LogP contribution >= 0.6 is 12.2 Å². The van der Waals surface area contributed by atoms with Crippen molar-refractivity contribution in [3.8, 4) is 11.5 Å². The Morgan fingerprint density at radius 3 is 2.71 bits per heavy atom. The van der Waals surface area contributed by atoms with Crippen LogP contribution in [0.2, 0.25) is 0 Å². The Bertz CT molecular complexity index is 864. The molecule has 1 atom stereocenters. The predicted molar refractivity (Wildman–Crippen MR) is 106 cm³/mol. The molecule has 1 aromatic rings. The van der Waals surface area contributed by atoms with E-state index in [0.29, 0.717) is 17.9 Å². The van der Waals surface area contributed by atoms with Gasteiger partial charge in [0, 0.05) is 6.54 Å². The second-order valence-corrected chi connectivity index (χ2v) is 6.15. The number of carbonyl (C=O) groups excluding carboxylic acids is 2. The standard InChI is InChI=1S/C19H20N2O6S/c1-4-8-21-17(23)13(16(22)20-19(21)28)9-12-6-7-14(15(10-12)26-5-2)27-11(3)18(24)25/h4,6-7,9-11H,1,5,8H2,2-3H3,(H,24,25)(H,20,22,28)/b13-9-/t11-/m1/s1. The molecule has 0 radical (unpaired) electrons. The van der Waals surface area contributed by atoms with E-state index in [4.69, 9.17) is 26.8 Å². The molecule has 9 heteroatoms. The Labute approximate surface area is 167 Å². The maximum absolute atomic E-state index is 12.6. The third-order valence-corrected chi connectivity index (χ3v) is 4.05. The van der Waals surface area contributed by atoms with Gasteiger partial charge in [-0.15, -0.1) is 6.58 Å². The van der Waals surface area contributed by atoms with Gasteiger partial charge in [0.05, 0.1) is 6.61 Å². The van der Waals surface area contributed by atoms with Gasteiger partial charge in [-0.2, -0.15) is 0 Å². The summed E-state index contributed by atoms with van der Waals surface area (Å²) in [6.45, 7) is 7.22. The fourth-order valence-corrected chi connectivity index (χ4v) is 2.63. The minimum atomic E-state index is -1.11. The minimum absolute atomic E-state index is 0.0217. The molecule has 1 aliphatic heterocycles. The molecule has 0 bridgehead atoms. The van der Waals surface area contributed by atoms with Crippen molar-refractivity contribution in [2.24, 2.45) is 0 Å². The summed E-state index contributed by atoms with van der Waals surface area (Å²) in [5.74, 6) is -1.71. The lowest BCUT2D eigenvalue weighted by Crippen LogP contribution is -2.53. The molecular weight excluding hydrogens is 384 g/mol. The van der Waals surface area contributed by atoms with E-state index in [1.807, 2.05) is 0 Å². The van der Waals surface area contributed by atoms with Crippen molar-refractivity contribution >= 4 is 41.2 Å². The van der Waals surface area contributed by atoms with Crippen LogP contribution in [0.15, 0.2) is 36.4 Å². The molecule has 28 heavy (non-hydrogen) atoms. The van der Waals surface area contributed by atoms with Gasteiger partial charge in [0.15, 0.2) is 22.7 Å². The van der Waals surface area contributed by atoms with Crippen molar-refractivity contribution in [1.29, 1.82) is 0 Å². The third kappa shape index (κ3) is 4.74. The summed E-state index contributed by atoms with van der Waals surface area (Å²) in [6.07, 6.45) is 1.84. The number of hydrogen-bond acceptors (Lipinski definition) is 6. The molecule has 0 aliphatic carbocycles. The maximum atomic E-state index is 12.6. The molecule has 0 aromatic heterocycles. The van der Waals surface area contributed by atoms with Gasteiger partial charge in [-0.3, -0.25) is 19.8 Å². The van der Waals surface area contributed by atoms with E-state index in [1.165, 1.54) is 30.0 Å². The monoisotopic (exact) mass is 404 g/mol. The van der Waals surface area contributed by atoms with Crippen LogP contribution < -0.4 is 14.8 Å². The zero-order valence-electron chi connectivity index (χ0n) is 15.4. The van der Waals surface area contributed by atoms with Crippen molar-refractivity contribution in [3.63, 3.8) is 0 Å². The zero-order chi connectivity index (χ0) is 20.8. The SMILES string of the molecule is C=CCN1C(=O)/C(=C\c2ccc(O[C@H](C)C(=O)O)c(OCC)c2)C(=O)NC1=S. The van der Waals surface area contributed by atoms with E-state index in [9.17, 15) is 14.4 Å². The summed E-state index contributed by atoms with van der Waals surface area (Å²) in [7, 11) is 0. The molecule has 1 aliphatic rings. The van der Waals surface area contributed by atoms with E-state index in [0.717, 1.165) is 0 Å². The largest absolute Gasteiger partial charge is 0.490 e. The average molecular weight is 404 g/mol. The summed E-state index contributed by atoms with van der Waals surface area (Å²) >= 11 is 5.01. The number of ether oxygens (including phenoxy) is 2. The number of nitrogens with one attached hydrogen (secondary N) is 1. The number of benzene rings is 1. The second kappa shape index (κ2) is 9.14. The molecule has 1 saturated heterocycles. The van der Waals surface area contributed by atoms with Gasteiger partial charge in [-0.05, 0) is 49.8 Å². The predicted octanol–water partition coefficient (Wildman–Crippen LogP) is 1.75. The topological polar surface area (TPSA) is 105 Å². The van der Waals surface area contributed by atoms with Crippen molar-refractivity contribution in [1.82, 2.24) is 10.2 Å². The number of thiocarbonyl (C=S) groups is 1. The van der Waals surface area contributed by atoms with E-state index in [2.05, 4.69) is 11.9 Å². The zero-order valence-corrected chi connectivity index (χ0v) is 16.2. The molecule has 8 nitrogen and oxygen atoms in total. The maximum Gasteiger partial charge on any atom is 0.344 e. The number of carboxylic acids is 1. The first-order valence-electron chi connectivity index (χ1n) is 8.44. The fraction of sp³-hybridized carbons (Fsp3) is 0.263. The van der Waals surface area contributed by atoms with Gasteiger partial charge in [-0.1, -0.05) is 12.1 Å². The average Bonchev–Trinajstić information content (AvgIpc) is 2.64. The fourth-order valence-electron chi connectivity index (χ4n) is 2.38. The molecule has 1 fully saturated rings. The number of amides is 2. The molecule has 148 valence electrons. The summed E-state index contributed by atoms with van der Waals surface area (Å²) in [6, 6.07) is 4.67. The third-order valence-electron chi connectivity index (χ3n) is 3.73. The Balaban J connectivity index is 2.38. The molecule has 2 amide bonds. The molecule has 0 saturated carbocycles. The lowest BCUT2D eigenvalue weighted by Gasteiger charge is -2.27. The lowest BCUT2D eigenvalue weighted by molar-refractivity contribution is -0.144. The van der Waals surface area contributed by atoms with E-state index in [-0.39, 0.29) is 23.0 Å².